The van der Waals surface area contributed by atoms with Crippen molar-refractivity contribution in [1.29, 1.82) is 0 Å². The van der Waals surface area contributed by atoms with E-state index in [2.05, 4.69) is 30.0 Å². The number of aromatic nitrogens is 2. The molecule has 2 N–H and O–H groups in total. The van der Waals surface area contributed by atoms with Crippen molar-refractivity contribution in [1.82, 2.24) is 9.78 Å². The van der Waals surface area contributed by atoms with Crippen LogP contribution < -0.4 is 5.73 Å². The zero-order valence-corrected chi connectivity index (χ0v) is 12.3. The van der Waals surface area contributed by atoms with Crippen LogP contribution in [0.15, 0.2) is 12.4 Å². The molecule has 102 valence electrons. The van der Waals surface area contributed by atoms with Gasteiger partial charge in [-0.1, -0.05) is 26.2 Å². The van der Waals surface area contributed by atoms with E-state index in [4.69, 9.17) is 5.73 Å². The molecule has 1 aliphatic carbocycles. The van der Waals surface area contributed by atoms with E-state index in [9.17, 15) is 0 Å². The van der Waals surface area contributed by atoms with Gasteiger partial charge < -0.3 is 5.73 Å². The smallest absolute Gasteiger partial charge is 0.0533 e. The third-order valence-corrected chi connectivity index (χ3v) is 5.58. The summed E-state index contributed by atoms with van der Waals surface area (Å²) >= 11 is 2.09. The van der Waals surface area contributed by atoms with Crippen LogP contribution in [0.1, 0.15) is 56.3 Å². The number of thioether (sulfide) groups is 1. The second-order valence-corrected chi connectivity index (χ2v) is 6.78. The zero-order valence-electron chi connectivity index (χ0n) is 11.5. The molecule has 1 aromatic heterocycles. The van der Waals surface area contributed by atoms with Crippen molar-refractivity contribution in [2.24, 2.45) is 12.8 Å². The van der Waals surface area contributed by atoms with Crippen LogP contribution in [-0.4, -0.2) is 21.1 Å². The minimum Gasteiger partial charge on any atom is -0.326 e. The Kier molecular flexibility index (Phi) is 5.13. The van der Waals surface area contributed by atoms with Crippen molar-refractivity contribution in [2.45, 2.75) is 62.0 Å². The molecule has 18 heavy (non-hydrogen) atoms. The topological polar surface area (TPSA) is 43.8 Å². The molecule has 1 heterocycles. The Morgan fingerprint density at radius 1 is 1.44 bits per heavy atom. The van der Waals surface area contributed by atoms with E-state index in [-0.39, 0.29) is 6.04 Å². The Bertz CT molecular complexity index is 358. The fourth-order valence-corrected chi connectivity index (χ4v) is 4.33. The van der Waals surface area contributed by atoms with Crippen molar-refractivity contribution in [2.75, 3.05) is 0 Å². The van der Waals surface area contributed by atoms with Gasteiger partial charge >= 0.3 is 0 Å². The van der Waals surface area contributed by atoms with E-state index < -0.39 is 0 Å². The lowest BCUT2D eigenvalue weighted by Gasteiger charge is -2.28. The predicted molar refractivity (Wildman–Crippen MR) is 78.7 cm³/mol. The van der Waals surface area contributed by atoms with E-state index >= 15 is 0 Å². The Morgan fingerprint density at radius 2 is 2.17 bits per heavy atom. The molecule has 0 amide bonds. The average molecular weight is 267 g/mol. The quantitative estimate of drug-likeness (QED) is 0.890. The van der Waals surface area contributed by atoms with Crippen LogP contribution in [-0.2, 0) is 7.05 Å². The first kappa shape index (κ1) is 13.9. The van der Waals surface area contributed by atoms with Crippen molar-refractivity contribution in [3.05, 3.63) is 18.0 Å². The molecule has 1 saturated carbocycles. The summed E-state index contributed by atoms with van der Waals surface area (Å²) < 4.78 is 1.88. The highest BCUT2D eigenvalue weighted by Gasteiger charge is 2.25. The lowest BCUT2D eigenvalue weighted by Crippen LogP contribution is -2.27. The SMILES string of the molecule is CCC(N)C(SC1CCCCC1)c1cnn(C)c1. The summed E-state index contributed by atoms with van der Waals surface area (Å²) in [6.45, 7) is 2.18. The van der Waals surface area contributed by atoms with Crippen LogP contribution in [0.4, 0.5) is 0 Å². The Hall–Kier alpha value is -0.480. The van der Waals surface area contributed by atoms with Gasteiger partial charge in [0.2, 0.25) is 0 Å². The predicted octanol–water partition coefficient (Wildman–Crippen LogP) is 3.26. The first-order valence-corrected chi connectivity index (χ1v) is 8.04. The second kappa shape index (κ2) is 6.62. The standard InChI is InChI=1S/C14H25N3S/c1-3-13(15)14(11-9-16-17(2)10-11)18-12-7-5-4-6-8-12/h9-10,12-14H,3-8,15H2,1-2H3. The van der Waals surface area contributed by atoms with Crippen LogP contribution in [0, 0.1) is 0 Å². The first-order valence-electron chi connectivity index (χ1n) is 7.10. The summed E-state index contributed by atoms with van der Waals surface area (Å²) in [7, 11) is 1.98. The molecular weight excluding hydrogens is 242 g/mol. The normalized spacial score (nSPS) is 20.8. The van der Waals surface area contributed by atoms with Crippen LogP contribution in [0.25, 0.3) is 0 Å². The third-order valence-electron chi connectivity index (χ3n) is 3.80. The molecule has 0 spiro atoms. The van der Waals surface area contributed by atoms with Crippen molar-refractivity contribution >= 4 is 11.8 Å². The van der Waals surface area contributed by atoms with E-state index in [0.29, 0.717) is 5.25 Å². The summed E-state index contributed by atoms with van der Waals surface area (Å²) in [5, 5.41) is 5.50. The largest absolute Gasteiger partial charge is 0.326 e. The zero-order chi connectivity index (χ0) is 13.0. The Balaban J connectivity index is 2.04. The van der Waals surface area contributed by atoms with Gasteiger partial charge in [-0.2, -0.15) is 5.10 Å². The molecule has 2 rings (SSSR count). The van der Waals surface area contributed by atoms with E-state index in [0.717, 1.165) is 11.7 Å². The second-order valence-electron chi connectivity index (χ2n) is 5.34. The summed E-state index contributed by atoms with van der Waals surface area (Å²) in [6, 6.07) is 0.237. The first-order chi connectivity index (χ1) is 8.70. The Morgan fingerprint density at radius 3 is 2.72 bits per heavy atom. The molecule has 3 nitrogen and oxygen atoms in total. The number of aryl methyl sites for hydroxylation is 1. The molecular formula is C14H25N3S. The van der Waals surface area contributed by atoms with Gasteiger partial charge in [-0.05, 0) is 19.3 Å². The third kappa shape index (κ3) is 3.51. The summed E-state index contributed by atoms with van der Waals surface area (Å²) in [6.07, 6.45) is 12.0. The maximum absolute atomic E-state index is 6.32. The minimum absolute atomic E-state index is 0.237. The van der Waals surface area contributed by atoms with Gasteiger partial charge in [-0.25, -0.2) is 0 Å². The van der Waals surface area contributed by atoms with Crippen LogP contribution in [0.5, 0.6) is 0 Å². The number of hydrogen-bond donors (Lipinski definition) is 1. The molecule has 0 aromatic carbocycles. The van der Waals surface area contributed by atoms with E-state index in [1.165, 1.54) is 37.7 Å². The molecule has 0 radical (unpaired) electrons. The summed E-state index contributed by atoms with van der Waals surface area (Å²) in [5.41, 5.74) is 7.61. The maximum atomic E-state index is 6.32. The Labute approximate surface area is 115 Å². The highest BCUT2D eigenvalue weighted by atomic mass is 32.2. The van der Waals surface area contributed by atoms with Gasteiger partial charge in [0, 0.05) is 35.3 Å². The van der Waals surface area contributed by atoms with Gasteiger partial charge in [0.1, 0.15) is 0 Å². The molecule has 2 unspecified atom stereocenters. The van der Waals surface area contributed by atoms with Crippen molar-refractivity contribution in [3.8, 4) is 0 Å². The molecule has 4 heteroatoms. The van der Waals surface area contributed by atoms with E-state index in [1.807, 2.05) is 17.9 Å². The lowest BCUT2D eigenvalue weighted by molar-refractivity contribution is 0.512. The fraction of sp³-hybridized carbons (Fsp3) is 0.786. The molecule has 0 aliphatic heterocycles. The molecule has 1 aliphatic rings. The van der Waals surface area contributed by atoms with Crippen LogP contribution >= 0.6 is 11.8 Å². The molecule has 0 saturated heterocycles. The number of rotatable bonds is 5. The molecule has 0 bridgehead atoms. The van der Waals surface area contributed by atoms with Crippen molar-refractivity contribution < 1.29 is 0 Å². The number of nitrogens with two attached hydrogens (primary N) is 1. The number of nitrogens with zero attached hydrogens (tertiary/aromatic N) is 2. The molecule has 1 aromatic rings. The fourth-order valence-electron chi connectivity index (χ4n) is 2.64. The molecule has 2 atom stereocenters. The lowest BCUT2D eigenvalue weighted by atomic mass is 10.0. The monoisotopic (exact) mass is 267 g/mol. The van der Waals surface area contributed by atoms with Crippen LogP contribution in [0.2, 0.25) is 0 Å². The van der Waals surface area contributed by atoms with E-state index in [1.54, 1.807) is 0 Å². The van der Waals surface area contributed by atoms with Gasteiger partial charge in [0.15, 0.2) is 0 Å². The van der Waals surface area contributed by atoms with Gasteiger partial charge in [-0.3, -0.25) is 4.68 Å². The van der Waals surface area contributed by atoms with Gasteiger partial charge in [-0.15, -0.1) is 11.8 Å². The molecule has 1 fully saturated rings. The highest BCUT2D eigenvalue weighted by Crippen LogP contribution is 2.40. The minimum atomic E-state index is 0.237. The summed E-state index contributed by atoms with van der Waals surface area (Å²) in [5.74, 6) is 0. The number of hydrogen-bond acceptors (Lipinski definition) is 3. The summed E-state index contributed by atoms with van der Waals surface area (Å²) in [4.78, 5) is 0. The highest BCUT2D eigenvalue weighted by molar-refractivity contribution is 8.00. The van der Waals surface area contributed by atoms with Crippen molar-refractivity contribution in [3.63, 3.8) is 0 Å². The average Bonchev–Trinajstić information content (AvgIpc) is 2.83. The maximum Gasteiger partial charge on any atom is 0.0533 e. The van der Waals surface area contributed by atoms with Gasteiger partial charge in [0.25, 0.3) is 0 Å². The van der Waals surface area contributed by atoms with Gasteiger partial charge in [0.05, 0.1) is 6.20 Å². The van der Waals surface area contributed by atoms with Crippen LogP contribution in [0.3, 0.4) is 0 Å².